The van der Waals surface area contributed by atoms with Gasteiger partial charge in [0.25, 0.3) is 0 Å². The molecule has 0 heterocycles. The van der Waals surface area contributed by atoms with Gasteiger partial charge in [0.1, 0.15) is 0 Å². The molecule has 0 atom stereocenters. The topological polar surface area (TPSA) is 53.6 Å². The predicted molar refractivity (Wildman–Crippen MR) is 79.2 cm³/mol. The highest BCUT2D eigenvalue weighted by Crippen LogP contribution is 2.27. The van der Waals surface area contributed by atoms with Gasteiger partial charge in [0.15, 0.2) is 0 Å². The van der Waals surface area contributed by atoms with E-state index in [1.165, 1.54) is 0 Å². The Hall–Kier alpha value is -1.30. The fourth-order valence-electron chi connectivity index (χ4n) is 1.57. The van der Waals surface area contributed by atoms with E-state index in [2.05, 4.69) is 10.6 Å². The van der Waals surface area contributed by atoms with E-state index in [1.54, 1.807) is 19.2 Å². The molecule has 0 saturated heterocycles. The molecule has 1 aromatic carbocycles. The molecular formula is C13H20ClN3O2. The van der Waals surface area contributed by atoms with E-state index in [-0.39, 0.29) is 12.5 Å². The second-order valence-corrected chi connectivity index (χ2v) is 4.71. The number of nitrogens with one attached hydrogen (secondary N) is 2. The summed E-state index contributed by atoms with van der Waals surface area (Å²) in [5, 5.41) is 6.42. The van der Waals surface area contributed by atoms with Crippen LogP contribution in [0.2, 0.25) is 5.02 Å². The van der Waals surface area contributed by atoms with Crippen LogP contribution in [0.3, 0.4) is 0 Å². The lowest BCUT2D eigenvalue weighted by Crippen LogP contribution is -2.30. The van der Waals surface area contributed by atoms with Gasteiger partial charge in [0, 0.05) is 32.8 Å². The summed E-state index contributed by atoms with van der Waals surface area (Å²) in [7, 11) is 5.45. The summed E-state index contributed by atoms with van der Waals surface area (Å²) in [6.45, 7) is 1.45. The molecule has 0 spiro atoms. The van der Waals surface area contributed by atoms with E-state index in [1.807, 2.05) is 25.1 Å². The largest absolute Gasteiger partial charge is 0.383 e. The summed E-state index contributed by atoms with van der Waals surface area (Å²) >= 11 is 5.95. The molecule has 0 unspecified atom stereocenters. The third-order valence-corrected chi connectivity index (χ3v) is 2.72. The smallest absolute Gasteiger partial charge is 0.238 e. The lowest BCUT2D eigenvalue weighted by atomic mass is 10.2. The van der Waals surface area contributed by atoms with Gasteiger partial charge < -0.3 is 20.3 Å². The Morgan fingerprint density at radius 1 is 1.42 bits per heavy atom. The van der Waals surface area contributed by atoms with Crippen LogP contribution in [0, 0.1) is 0 Å². The number of hydrogen-bond donors (Lipinski definition) is 2. The Morgan fingerprint density at radius 2 is 2.16 bits per heavy atom. The third kappa shape index (κ3) is 5.46. The first-order chi connectivity index (χ1) is 9.04. The van der Waals surface area contributed by atoms with Crippen molar-refractivity contribution in [3.63, 3.8) is 0 Å². The van der Waals surface area contributed by atoms with E-state index in [9.17, 15) is 4.79 Å². The molecule has 0 saturated carbocycles. The maximum Gasteiger partial charge on any atom is 0.238 e. The Bertz CT molecular complexity index is 424. The lowest BCUT2D eigenvalue weighted by Gasteiger charge is -2.18. The molecule has 0 fully saturated rings. The molecule has 0 aliphatic rings. The monoisotopic (exact) mass is 285 g/mol. The van der Waals surface area contributed by atoms with Crippen LogP contribution in [-0.4, -0.2) is 46.8 Å². The summed E-state index contributed by atoms with van der Waals surface area (Å²) in [6, 6.07) is 5.41. The molecule has 6 heteroatoms. The number of rotatable bonds is 7. The minimum atomic E-state index is -0.110. The summed E-state index contributed by atoms with van der Waals surface area (Å²) in [5.74, 6) is -0.110. The Labute approximate surface area is 118 Å². The average molecular weight is 286 g/mol. The van der Waals surface area contributed by atoms with Crippen molar-refractivity contribution < 1.29 is 9.53 Å². The molecule has 106 valence electrons. The van der Waals surface area contributed by atoms with E-state index >= 15 is 0 Å². The van der Waals surface area contributed by atoms with Crippen LogP contribution in [0.25, 0.3) is 0 Å². The van der Waals surface area contributed by atoms with Crippen molar-refractivity contribution in [2.45, 2.75) is 0 Å². The van der Waals surface area contributed by atoms with Crippen molar-refractivity contribution in [3.8, 4) is 0 Å². The van der Waals surface area contributed by atoms with Crippen molar-refractivity contribution in [1.82, 2.24) is 5.32 Å². The van der Waals surface area contributed by atoms with Gasteiger partial charge in [0.2, 0.25) is 5.91 Å². The molecule has 5 nitrogen and oxygen atoms in total. The Morgan fingerprint density at radius 3 is 2.79 bits per heavy atom. The first-order valence-electron chi connectivity index (χ1n) is 6.01. The number of anilines is 2. The summed E-state index contributed by atoms with van der Waals surface area (Å²) in [4.78, 5) is 13.7. The van der Waals surface area contributed by atoms with Crippen molar-refractivity contribution in [2.24, 2.45) is 0 Å². The van der Waals surface area contributed by atoms with Crippen molar-refractivity contribution in [3.05, 3.63) is 23.2 Å². The molecule has 0 aliphatic carbocycles. The van der Waals surface area contributed by atoms with Gasteiger partial charge in [-0.05, 0) is 18.2 Å². The van der Waals surface area contributed by atoms with Crippen LogP contribution < -0.4 is 15.5 Å². The number of halogens is 1. The molecule has 0 aliphatic heterocycles. The highest BCUT2D eigenvalue weighted by Gasteiger charge is 2.08. The van der Waals surface area contributed by atoms with Gasteiger partial charge in [-0.25, -0.2) is 0 Å². The second kappa shape index (κ2) is 7.99. The molecule has 2 N–H and O–H groups in total. The molecule has 0 radical (unpaired) electrons. The standard InChI is InChI=1S/C13H20ClN3O2/c1-17(2)12-5-4-10(14)8-11(12)16-13(18)9-15-6-7-19-3/h4-5,8,15H,6-7,9H2,1-3H3,(H,16,18). The summed E-state index contributed by atoms with van der Waals surface area (Å²) in [5.41, 5.74) is 1.62. The fourth-order valence-corrected chi connectivity index (χ4v) is 1.74. The van der Waals surface area contributed by atoms with Crippen LogP contribution in [0.15, 0.2) is 18.2 Å². The van der Waals surface area contributed by atoms with E-state index < -0.39 is 0 Å². The number of hydrogen-bond acceptors (Lipinski definition) is 4. The van der Waals surface area contributed by atoms with Crippen LogP contribution >= 0.6 is 11.6 Å². The van der Waals surface area contributed by atoms with Crippen molar-refractivity contribution >= 4 is 28.9 Å². The zero-order valence-corrected chi connectivity index (χ0v) is 12.3. The Balaban J connectivity index is 2.60. The van der Waals surface area contributed by atoms with Crippen LogP contribution in [0.4, 0.5) is 11.4 Å². The SMILES string of the molecule is COCCNCC(=O)Nc1cc(Cl)ccc1N(C)C. The normalized spacial score (nSPS) is 10.3. The fraction of sp³-hybridized carbons (Fsp3) is 0.462. The Kier molecular flexibility index (Phi) is 6.62. The molecule has 1 rings (SSSR count). The minimum absolute atomic E-state index is 0.110. The number of amides is 1. The number of carbonyl (C=O) groups excluding carboxylic acids is 1. The number of nitrogens with zero attached hydrogens (tertiary/aromatic N) is 1. The number of carbonyl (C=O) groups is 1. The van der Waals surface area contributed by atoms with Crippen molar-refractivity contribution in [2.75, 3.05) is 51.1 Å². The van der Waals surface area contributed by atoms with Gasteiger partial charge in [-0.1, -0.05) is 11.6 Å². The zero-order valence-electron chi connectivity index (χ0n) is 11.5. The van der Waals surface area contributed by atoms with Gasteiger partial charge >= 0.3 is 0 Å². The number of methoxy groups -OCH3 is 1. The van der Waals surface area contributed by atoms with E-state index in [4.69, 9.17) is 16.3 Å². The first-order valence-corrected chi connectivity index (χ1v) is 6.38. The van der Waals surface area contributed by atoms with Gasteiger partial charge in [-0.2, -0.15) is 0 Å². The third-order valence-electron chi connectivity index (χ3n) is 2.48. The molecule has 19 heavy (non-hydrogen) atoms. The van der Waals surface area contributed by atoms with Gasteiger partial charge in [-0.15, -0.1) is 0 Å². The minimum Gasteiger partial charge on any atom is -0.383 e. The molecule has 0 aromatic heterocycles. The van der Waals surface area contributed by atoms with E-state index in [0.29, 0.717) is 23.9 Å². The molecule has 0 bridgehead atoms. The number of benzene rings is 1. The summed E-state index contributed by atoms with van der Waals surface area (Å²) < 4.78 is 4.89. The van der Waals surface area contributed by atoms with Crippen LogP contribution in [0.1, 0.15) is 0 Å². The first kappa shape index (κ1) is 15.8. The van der Waals surface area contributed by atoms with Gasteiger partial charge in [0.05, 0.1) is 24.5 Å². The zero-order chi connectivity index (χ0) is 14.3. The summed E-state index contributed by atoms with van der Waals surface area (Å²) in [6.07, 6.45) is 0. The molecular weight excluding hydrogens is 266 g/mol. The highest BCUT2D eigenvalue weighted by molar-refractivity contribution is 6.31. The van der Waals surface area contributed by atoms with E-state index in [0.717, 1.165) is 5.69 Å². The second-order valence-electron chi connectivity index (χ2n) is 4.27. The maximum absolute atomic E-state index is 11.8. The lowest BCUT2D eigenvalue weighted by molar-refractivity contribution is -0.115. The van der Waals surface area contributed by atoms with Gasteiger partial charge in [-0.3, -0.25) is 4.79 Å². The maximum atomic E-state index is 11.8. The quantitative estimate of drug-likeness (QED) is 0.747. The molecule has 1 aromatic rings. The predicted octanol–water partition coefficient (Wildman–Crippen LogP) is 1.58. The average Bonchev–Trinajstić information content (AvgIpc) is 2.34. The highest BCUT2D eigenvalue weighted by atomic mass is 35.5. The number of ether oxygens (including phenoxy) is 1. The van der Waals surface area contributed by atoms with Crippen molar-refractivity contribution in [1.29, 1.82) is 0 Å². The van der Waals surface area contributed by atoms with Crippen LogP contribution in [0.5, 0.6) is 0 Å². The molecule has 1 amide bonds. The van der Waals surface area contributed by atoms with Crippen LogP contribution in [-0.2, 0) is 9.53 Å².